The number of nitrogen functional groups attached to an aromatic ring is 2. The van der Waals surface area contributed by atoms with Crippen molar-refractivity contribution in [2.45, 2.75) is 18.7 Å². The topological polar surface area (TPSA) is 213 Å². The van der Waals surface area contributed by atoms with E-state index in [0.717, 1.165) is 28.3 Å². The van der Waals surface area contributed by atoms with E-state index in [-0.39, 0.29) is 34.1 Å². The van der Waals surface area contributed by atoms with Gasteiger partial charge in [-0.05, 0) is 90.7 Å². The highest BCUT2D eigenvalue weighted by molar-refractivity contribution is 7.86. The molecule has 204 valence electrons. The van der Waals surface area contributed by atoms with Crippen molar-refractivity contribution >= 4 is 50.2 Å². The first-order valence-electron chi connectivity index (χ1n) is 11.6. The summed E-state index contributed by atoms with van der Waals surface area (Å²) in [6, 6.07) is 17.3. The number of aryl methyl sites for hydroxylation is 2. The Morgan fingerprint density at radius 2 is 1.27 bits per heavy atom. The van der Waals surface area contributed by atoms with Crippen molar-refractivity contribution < 1.29 is 28.0 Å². The number of azo groups is 2. The first-order chi connectivity index (χ1) is 18.8. The van der Waals surface area contributed by atoms with Gasteiger partial charge >= 0.3 is 5.97 Å². The molecule has 4 aromatic rings. The van der Waals surface area contributed by atoms with Crippen LogP contribution in [-0.4, -0.2) is 29.2 Å². The fourth-order valence-electron chi connectivity index (χ4n) is 3.78. The van der Waals surface area contributed by atoms with Gasteiger partial charge < -0.3 is 21.7 Å². The normalized spacial score (nSPS) is 11.9. The molecule has 13 heteroatoms. The fourth-order valence-corrected chi connectivity index (χ4v) is 4.40. The van der Waals surface area contributed by atoms with E-state index >= 15 is 0 Å². The zero-order valence-electron chi connectivity index (χ0n) is 21.3. The van der Waals surface area contributed by atoms with E-state index in [9.17, 15) is 22.9 Å². The van der Waals surface area contributed by atoms with Crippen LogP contribution in [0.5, 0.6) is 5.75 Å². The van der Waals surface area contributed by atoms with Crippen LogP contribution >= 0.6 is 0 Å². The lowest BCUT2D eigenvalue weighted by Gasteiger charge is -2.08. The van der Waals surface area contributed by atoms with Crippen LogP contribution in [-0.2, 0) is 10.1 Å². The highest BCUT2D eigenvalue weighted by atomic mass is 32.2. The molecule has 0 radical (unpaired) electrons. The molecule has 0 amide bonds. The predicted molar refractivity (Wildman–Crippen MR) is 150 cm³/mol. The maximum absolute atomic E-state index is 11.5. The summed E-state index contributed by atoms with van der Waals surface area (Å²) in [7, 11) is -4.56. The Morgan fingerprint density at radius 3 is 1.80 bits per heavy atom. The molecule has 0 aliphatic carbocycles. The van der Waals surface area contributed by atoms with Crippen LogP contribution in [0.3, 0.4) is 0 Å². The van der Waals surface area contributed by atoms with Crippen molar-refractivity contribution in [3.05, 3.63) is 83.4 Å². The number of hydrogen-bond acceptors (Lipinski definition) is 10. The van der Waals surface area contributed by atoms with Gasteiger partial charge in [-0.1, -0.05) is 12.1 Å². The molecule has 0 fully saturated rings. The molecule has 0 atom stereocenters. The standard InChI is InChI=1S/C27H24N6O6S/c1-14-9-16(3-6-22(14)31-30-18-5-8-25(34)19(11-18)27(35)36)17-4-7-23(15(2)10-17)32-33-24-13-26(40(37,38)39)21(29)12-20(24)28/h3-13,34H,28-29H2,1-2H3,(H,35,36)(H,37,38,39). The number of aromatic carboxylic acids is 1. The van der Waals surface area contributed by atoms with Gasteiger partial charge in [-0.15, -0.1) is 5.11 Å². The number of carboxylic acid groups (broad SMARTS) is 1. The molecule has 0 spiro atoms. The number of aromatic hydroxyl groups is 1. The van der Waals surface area contributed by atoms with Gasteiger partial charge in [0.05, 0.1) is 28.4 Å². The quantitative estimate of drug-likeness (QED) is 0.0938. The summed E-state index contributed by atoms with van der Waals surface area (Å²) >= 11 is 0. The molecule has 0 aliphatic rings. The molecule has 0 saturated heterocycles. The third-order valence-corrected chi connectivity index (χ3v) is 6.82. The summed E-state index contributed by atoms with van der Waals surface area (Å²) in [5, 5.41) is 35.3. The number of benzene rings is 4. The van der Waals surface area contributed by atoms with Crippen LogP contribution in [0.2, 0.25) is 0 Å². The van der Waals surface area contributed by atoms with Crippen molar-refractivity contribution in [1.29, 1.82) is 0 Å². The van der Waals surface area contributed by atoms with E-state index in [1.54, 1.807) is 12.1 Å². The van der Waals surface area contributed by atoms with Crippen LogP contribution in [0, 0.1) is 13.8 Å². The van der Waals surface area contributed by atoms with Crippen molar-refractivity contribution in [1.82, 2.24) is 0 Å². The Labute approximate surface area is 229 Å². The number of rotatable bonds is 7. The number of nitrogens with two attached hydrogens (primary N) is 2. The van der Waals surface area contributed by atoms with Gasteiger partial charge in [-0.2, -0.15) is 23.8 Å². The predicted octanol–water partition coefficient (Wildman–Crippen LogP) is 6.62. The smallest absolute Gasteiger partial charge is 0.339 e. The third-order valence-electron chi connectivity index (χ3n) is 5.91. The average molecular weight is 561 g/mol. The first-order valence-corrected chi connectivity index (χ1v) is 13.1. The minimum Gasteiger partial charge on any atom is -0.507 e. The van der Waals surface area contributed by atoms with Crippen molar-refractivity contribution in [3.63, 3.8) is 0 Å². The molecule has 4 rings (SSSR count). The summed E-state index contributed by atoms with van der Waals surface area (Å²) in [5.41, 5.74) is 16.0. The van der Waals surface area contributed by atoms with Crippen LogP contribution in [0.15, 0.2) is 92.1 Å². The lowest BCUT2D eigenvalue weighted by atomic mass is 10.0. The highest BCUT2D eigenvalue weighted by Gasteiger charge is 2.17. The van der Waals surface area contributed by atoms with E-state index in [2.05, 4.69) is 20.5 Å². The van der Waals surface area contributed by atoms with Gasteiger partial charge in [0, 0.05) is 0 Å². The summed E-state index contributed by atoms with van der Waals surface area (Å²) in [4.78, 5) is 10.7. The second kappa shape index (κ2) is 10.9. The molecular formula is C27H24N6O6S. The zero-order valence-corrected chi connectivity index (χ0v) is 22.1. The minimum atomic E-state index is -4.56. The molecule has 12 nitrogen and oxygen atoms in total. The summed E-state index contributed by atoms with van der Waals surface area (Å²) in [6.07, 6.45) is 0. The monoisotopic (exact) mass is 560 g/mol. The maximum Gasteiger partial charge on any atom is 0.339 e. The first kappa shape index (κ1) is 27.9. The molecule has 0 saturated carbocycles. The number of phenols is 1. The molecule has 4 aromatic carbocycles. The van der Waals surface area contributed by atoms with E-state index < -0.39 is 21.0 Å². The molecular weight excluding hydrogens is 536 g/mol. The molecule has 7 N–H and O–H groups in total. The van der Waals surface area contributed by atoms with Crippen molar-refractivity contribution in [2.24, 2.45) is 20.5 Å². The Hall–Kier alpha value is -5.14. The molecule has 0 heterocycles. The van der Waals surface area contributed by atoms with E-state index in [1.807, 2.05) is 38.1 Å². The second-order valence-electron chi connectivity index (χ2n) is 8.83. The van der Waals surface area contributed by atoms with Gasteiger partial charge in [-0.3, -0.25) is 4.55 Å². The van der Waals surface area contributed by atoms with Gasteiger partial charge in [-0.25, -0.2) is 4.79 Å². The number of carboxylic acids is 1. The molecule has 0 aromatic heterocycles. The van der Waals surface area contributed by atoms with Gasteiger partial charge in [0.25, 0.3) is 10.1 Å². The molecule has 0 bridgehead atoms. The minimum absolute atomic E-state index is 0.0390. The van der Waals surface area contributed by atoms with E-state index in [1.165, 1.54) is 24.3 Å². The number of hydrogen-bond donors (Lipinski definition) is 5. The second-order valence-corrected chi connectivity index (χ2v) is 10.2. The van der Waals surface area contributed by atoms with Crippen LogP contribution in [0.1, 0.15) is 21.5 Å². The number of nitrogens with zero attached hydrogens (tertiary/aromatic N) is 4. The number of anilines is 2. The van der Waals surface area contributed by atoms with Crippen LogP contribution in [0.4, 0.5) is 34.1 Å². The van der Waals surface area contributed by atoms with Gasteiger partial charge in [0.15, 0.2) is 0 Å². The molecule has 0 aliphatic heterocycles. The van der Waals surface area contributed by atoms with Gasteiger partial charge in [0.2, 0.25) is 0 Å². The Morgan fingerprint density at radius 1 is 0.725 bits per heavy atom. The molecule has 40 heavy (non-hydrogen) atoms. The lowest BCUT2D eigenvalue weighted by molar-refractivity contribution is 0.0693. The number of carbonyl (C=O) groups is 1. The highest BCUT2D eigenvalue weighted by Crippen LogP contribution is 2.34. The largest absolute Gasteiger partial charge is 0.507 e. The average Bonchev–Trinajstić information content (AvgIpc) is 2.88. The Kier molecular flexibility index (Phi) is 7.61. The van der Waals surface area contributed by atoms with Crippen LogP contribution < -0.4 is 11.5 Å². The summed E-state index contributed by atoms with van der Waals surface area (Å²) in [5.74, 6) is -1.62. The van der Waals surface area contributed by atoms with Crippen LogP contribution in [0.25, 0.3) is 11.1 Å². The molecule has 0 unspecified atom stereocenters. The Balaban J connectivity index is 1.56. The summed E-state index contributed by atoms with van der Waals surface area (Å²) in [6.45, 7) is 3.71. The van der Waals surface area contributed by atoms with E-state index in [0.29, 0.717) is 11.4 Å². The SMILES string of the molecule is Cc1cc(-c2ccc(N=Nc3cc(S(=O)(=O)O)c(N)cc3N)c(C)c2)ccc1N=Nc1ccc(O)c(C(=O)O)c1. The lowest BCUT2D eigenvalue weighted by Crippen LogP contribution is -2.04. The maximum atomic E-state index is 11.5. The van der Waals surface area contributed by atoms with Gasteiger partial charge in [0.1, 0.15) is 21.9 Å². The van der Waals surface area contributed by atoms with Crippen molar-refractivity contribution in [3.8, 4) is 16.9 Å². The Bertz CT molecular complexity index is 1820. The summed E-state index contributed by atoms with van der Waals surface area (Å²) < 4.78 is 32.4. The van der Waals surface area contributed by atoms with E-state index in [4.69, 9.17) is 16.6 Å². The third kappa shape index (κ3) is 6.11. The fraction of sp³-hybridized carbons (Fsp3) is 0.0741. The van der Waals surface area contributed by atoms with Crippen molar-refractivity contribution in [2.75, 3.05) is 11.5 Å². The zero-order chi connectivity index (χ0) is 29.2.